The standard InChI is InChI=1S/C14H26N2O2S/c1-2-11-4-3-5-12(8-11)16-13(17)15-9-14(18)6-7-19-10-14/h11-12,18H,2-10H2,1H3,(H2,15,16,17). The third-order valence-corrected chi connectivity index (χ3v) is 5.59. The van der Waals surface area contributed by atoms with Crippen molar-refractivity contribution in [2.45, 2.75) is 57.1 Å². The third-order valence-electron chi connectivity index (χ3n) is 4.36. The van der Waals surface area contributed by atoms with E-state index in [0.717, 1.165) is 36.7 Å². The Kier molecular flexibility index (Phi) is 5.39. The number of urea groups is 1. The van der Waals surface area contributed by atoms with E-state index >= 15 is 0 Å². The van der Waals surface area contributed by atoms with Gasteiger partial charge in [0.1, 0.15) is 0 Å². The van der Waals surface area contributed by atoms with Crippen molar-refractivity contribution < 1.29 is 9.90 Å². The molecule has 0 aromatic rings. The van der Waals surface area contributed by atoms with E-state index in [9.17, 15) is 9.90 Å². The molecule has 3 atom stereocenters. The maximum absolute atomic E-state index is 11.9. The van der Waals surface area contributed by atoms with Crippen LogP contribution in [-0.2, 0) is 0 Å². The summed E-state index contributed by atoms with van der Waals surface area (Å²) in [7, 11) is 0. The SMILES string of the molecule is CCC1CCCC(NC(=O)NCC2(O)CCSC2)C1. The molecule has 2 rings (SSSR count). The van der Waals surface area contributed by atoms with Gasteiger partial charge >= 0.3 is 6.03 Å². The molecule has 2 amide bonds. The number of hydrogen-bond donors (Lipinski definition) is 3. The molecule has 4 nitrogen and oxygen atoms in total. The highest BCUT2D eigenvalue weighted by atomic mass is 32.2. The van der Waals surface area contributed by atoms with Crippen molar-refractivity contribution in [3.8, 4) is 0 Å². The van der Waals surface area contributed by atoms with Crippen LogP contribution in [-0.4, -0.2) is 40.8 Å². The molecular weight excluding hydrogens is 260 g/mol. The highest BCUT2D eigenvalue weighted by Gasteiger charge is 2.32. The Balaban J connectivity index is 1.69. The average molecular weight is 286 g/mol. The van der Waals surface area contributed by atoms with Crippen LogP contribution in [0.2, 0.25) is 0 Å². The van der Waals surface area contributed by atoms with Gasteiger partial charge < -0.3 is 15.7 Å². The number of aliphatic hydroxyl groups is 1. The first-order valence-electron chi connectivity index (χ1n) is 7.46. The van der Waals surface area contributed by atoms with Gasteiger partial charge in [-0.25, -0.2) is 4.79 Å². The molecule has 1 saturated carbocycles. The largest absolute Gasteiger partial charge is 0.387 e. The molecule has 19 heavy (non-hydrogen) atoms. The Morgan fingerprint density at radius 1 is 1.47 bits per heavy atom. The fourth-order valence-corrected chi connectivity index (χ4v) is 4.31. The second-order valence-electron chi connectivity index (χ2n) is 5.99. The Morgan fingerprint density at radius 2 is 2.32 bits per heavy atom. The van der Waals surface area contributed by atoms with Gasteiger partial charge in [-0.2, -0.15) is 11.8 Å². The monoisotopic (exact) mass is 286 g/mol. The minimum absolute atomic E-state index is 0.118. The quantitative estimate of drug-likeness (QED) is 0.742. The molecule has 5 heteroatoms. The fraction of sp³-hybridized carbons (Fsp3) is 0.929. The van der Waals surface area contributed by atoms with Crippen molar-refractivity contribution >= 4 is 17.8 Å². The molecule has 2 fully saturated rings. The van der Waals surface area contributed by atoms with Crippen molar-refractivity contribution in [2.75, 3.05) is 18.1 Å². The summed E-state index contributed by atoms with van der Waals surface area (Å²) in [6.45, 7) is 2.59. The summed E-state index contributed by atoms with van der Waals surface area (Å²) in [5.74, 6) is 2.48. The molecule has 0 radical (unpaired) electrons. The Hall–Kier alpha value is -0.420. The molecule has 3 unspecified atom stereocenters. The van der Waals surface area contributed by atoms with E-state index in [1.807, 2.05) is 0 Å². The molecular formula is C14H26N2O2S. The Labute approximate surface area is 120 Å². The zero-order chi connectivity index (χ0) is 13.7. The first kappa shape index (κ1) is 15.0. The normalized spacial score (nSPS) is 35.1. The van der Waals surface area contributed by atoms with Crippen molar-refractivity contribution in [2.24, 2.45) is 5.92 Å². The van der Waals surface area contributed by atoms with Gasteiger partial charge in [0.05, 0.1) is 5.60 Å². The van der Waals surface area contributed by atoms with E-state index in [1.165, 1.54) is 19.3 Å². The molecule has 0 bridgehead atoms. The van der Waals surface area contributed by atoms with Gasteiger partial charge in [-0.15, -0.1) is 0 Å². The van der Waals surface area contributed by atoms with Gasteiger partial charge in [-0.1, -0.05) is 26.2 Å². The lowest BCUT2D eigenvalue weighted by molar-refractivity contribution is 0.0697. The van der Waals surface area contributed by atoms with E-state index < -0.39 is 5.60 Å². The Bertz CT molecular complexity index is 306. The van der Waals surface area contributed by atoms with Gasteiger partial charge in [-0.05, 0) is 30.9 Å². The van der Waals surface area contributed by atoms with E-state index in [-0.39, 0.29) is 6.03 Å². The highest BCUT2D eigenvalue weighted by Crippen LogP contribution is 2.27. The van der Waals surface area contributed by atoms with Crippen LogP contribution in [0.4, 0.5) is 4.79 Å². The molecule has 1 aliphatic heterocycles. The van der Waals surface area contributed by atoms with Crippen LogP contribution in [0.15, 0.2) is 0 Å². The molecule has 110 valence electrons. The van der Waals surface area contributed by atoms with Crippen LogP contribution >= 0.6 is 11.8 Å². The molecule has 0 spiro atoms. The number of nitrogens with one attached hydrogen (secondary N) is 2. The molecule has 1 aliphatic carbocycles. The third kappa shape index (κ3) is 4.56. The molecule has 2 aliphatic rings. The van der Waals surface area contributed by atoms with Gasteiger partial charge in [-0.3, -0.25) is 0 Å². The topological polar surface area (TPSA) is 61.4 Å². The number of thioether (sulfide) groups is 1. The minimum Gasteiger partial charge on any atom is -0.387 e. The summed E-state index contributed by atoms with van der Waals surface area (Å²) < 4.78 is 0. The maximum Gasteiger partial charge on any atom is 0.315 e. The van der Waals surface area contributed by atoms with Crippen LogP contribution in [0.1, 0.15) is 45.4 Å². The lowest BCUT2D eigenvalue weighted by atomic mass is 9.84. The van der Waals surface area contributed by atoms with Crippen LogP contribution in [0, 0.1) is 5.92 Å². The first-order valence-corrected chi connectivity index (χ1v) is 8.61. The minimum atomic E-state index is -0.694. The summed E-state index contributed by atoms with van der Waals surface area (Å²) in [5, 5.41) is 16.1. The molecule has 3 N–H and O–H groups in total. The predicted molar refractivity (Wildman–Crippen MR) is 79.5 cm³/mol. The van der Waals surface area contributed by atoms with E-state index in [0.29, 0.717) is 12.6 Å². The van der Waals surface area contributed by atoms with Crippen LogP contribution in [0.3, 0.4) is 0 Å². The zero-order valence-corrected chi connectivity index (χ0v) is 12.6. The van der Waals surface area contributed by atoms with Crippen molar-refractivity contribution in [3.05, 3.63) is 0 Å². The lowest BCUT2D eigenvalue weighted by Crippen LogP contribution is -2.49. The number of amides is 2. The van der Waals surface area contributed by atoms with E-state index in [1.54, 1.807) is 11.8 Å². The van der Waals surface area contributed by atoms with Crippen LogP contribution < -0.4 is 10.6 Å². The van der Waals surface area contributed by atoms with E-state index in [2.05, 4.69) is 17.6 Å². The summed E-state index contributed by atoms with van der Waals surface area (Å²) in [4.78, 5) is 11.9. The molecule has 0 aromatic carbocycles. The zero-order valence-electron chi connectivity index (χ0n) is 11.8. The summed E-state index contributed by atoms with van der Waals surface area (Å²) in [6.07, 6.45) is 6.68. The highest BCUT2D eigenvalue weighted by molar-refractivity contribution is 7.99. The predicted octanol–water partition coefficient (Wildman–Crippen LogP) is 2.12. The van der Waals surface area contributed by atoms with Gasteiger partial charge in [0, 0.05) is 18.3 Å². The van der Waals surface area contributed by atoms with E-state index in [4.69, 9.17) is 0 Å². The summed E-state index contributed by atoms with van der Waals surface area (Å²) >= 11 is 1.75. The number of hydrogen-bond acceptors (Lipinski definition) is 3. The van der Waals surface area contributed by atoms with Crippen LogP contribution in [0.25, 0.3) is 0 Å². The molecule has 1 saturated heterocycles. The summed E-state index contributed by atoms with van der Waals surface area (Å²) in [6, 6.07) is 0.193. The number of carbonyl (C=O) groups excluding carboxylic acids is 1. The second-order valence-corrected chi connectivity index (χ2v) is 7.10. The smallest absolute Gasteiger partial charge is 0.315 e. The summed E-state index contributed by atoms with van der Waals surface area (Å²) in [5.41, 5.74) is -0.694. The van der Waals surface area contributed by atoms with Crippen molar-refractivity contribution in [1.82, 2.24) is 10.6 Å². The van der Waals surface area contributed by atoms with Gasteiger partial charge in [0.15, 0.2) is 0 Å². The second kappa shape index (κ2) is 6.84. The van der Waals surface area contributed by atoms with Crippen LogP contribution in [0.5, 0.6) is 0 Å². The van der Waals surface area contributed by atoms with Crippen molar-refractivity contribution in [1.29, 1.82) is 0 Å². The molecule has 0 aromatic heterocycles. The molecule has 1 heterocycles. The Morgan fingerprint density at radius 3 is 3.00 bits per heavy atom. The van der Waals surface area contributed by atoms with Gasteiger partial charge in [0.25, 0.3) is 0 Å². The van der Waals surface area contributed by atoms with Gasteiger partial charge in [0.2, 0.25) is 0 Å². The number of rotatable bonds is 4. The average Bonchev–Trinajstić information content (AvgIpc) is 2.84. The lowest BCUT2D eigenvalue weighted by Gasteiger charge is -2.29. The fourth-order valence-electron chi connectivity index (χ4n) is 3.01. The van der Waals surface area contributed by atoms with Crippen molar-refractivity contribution in [3.63, 3.8) is 0 Å². The maximum atomic E-state index is 11.9. The first-order chi connectivity index (χ1) is 9.11. The number of carbonyl (C=O) groups is 1.